The summed E-state index contributed by atoms with van der Waals surface area (Å²) in [5.74, 6) is -0.582. The van der Waals surface area contributed by atoms with Crippen LogP contribution in [0.15, 0.2) is 46.2 Å². The van der Waals surface area contributed by atoms with Crippen molar-refractivity contribution in [3.8, 4) is 0 Å². The number of carbonyl (C=O) groups excluding carboxylic acids is 2. The molecular formula is C23H27N3O4S2. The van der Waals surface area contributed by atoms with Crippen LogP contribution in [-0.2, 0) is 19.6 Å². The zero-order chi connectivity index (χ0) is 22.9. The first-order valence-corrected chi connectivity index (χ1v) is 13.1. The van der Waals surface area contributed by atoms with Crippen LogP contribution < -0.4 is 10.0 Å². The first-order chi connectivity index (χ1) is 15.2. The SMILES string of the molecule is Cc1ccc(NS(=O)(=O)c2ccc3c(c2)NC(=O)[C@@H](C(=O)N2CCCCCC2)S3)cc1C. The predicted octanol–water partition coefficient (Wildman–Crippen LogP) is 3.92. The smallest absolute Gasteiger partial charge is 0.261 e. The van der Waals surface area contributed by atoms with E-state index in [0.717, 1.165) is 36.8 Å². The maximum atomic E-state index is 12.9. The van der Waals surface area contributed by atoms with Gasteiger partial charge in [-0.15, -0.1) is 11.8 Å². The van der Waals surface area contributed by atoms with Gasteiger partial charge in [-0.2, -0.15) is 0 Å². The van der Waals surface area contributed by atoms with Gasteiger partial charge < -0.3 is 10.2 Å². The summed E-state index contributed by atoms with van der Waals surface area (Å²) >= 11 is 1.18. The fourth-order valence-electron chi connectivity index (χ4n) is 3.89. The summed E-state index contributed by atoms with van der Waals surface area (Å²) in [6.07, 6.45) is 4.11. The van der Waals surface area contributed by atoms with E-state index < -0.39 is 21.2 Å². The van der Waals surface area contributed by atoms with Gasteiger partial charge in [0, 0.05) is 23.7 Å². The molecule has 2 aromatic carbocycles. The molecule has 0 radical (unpaired) electrons. The highest BCUT2D eigenvalue weighted by atomic mass is 32.2. The average molecular weight is 474 g/mol. The number of sulfonamides is 1. The third-order valence-corrected chi connectivity index (χ3v) is 8.54. The van der Waals surface area contributed by atoms with Crippen LogP contribution in [0.2, 0.25) is 0 Å². The number of nitrogens with zero attached hydrogens (tertiary/aromatic N) is 1. The van der Waals surface area contributed by atoms with E-state index >= 15 is 0 Å². The molecule has 0 bridgehead atoms. The summed E-state index contributed by atoms with van der Waals surface area (Å²) in [7, 11) is -3.83. The molecule has 2 aliphatic heterocycles. The lowest BCUT2D eigenvalue weighted by molar-refractivity contribution is -0.133. The summed E-state index contributed by atoms with van der Waals surface area (Å²) in [5.41, 5.74) is 2.94. The highest BCUT2D eigenvalue weighted by Gasteiger charge is 2.36. The molecule has 170 valence electrons. The van der Waals surface area contributed by atoms with Crippen LogP contribution >= 0.6 is 11.8 Å². The number of hydrogen-bond donors (Lipinski definition) is 2. The Labute approximate surface area is 193 Å². The Morgan fingerprint density at radius 1 is 1.03 bits per heavy atom. The maximum absolute atomic E-state index is 12.9. The topological polar surface area (TPSA) is 95.6 Å². The Hall–Kier alpha value is -2.52. The maximum Gasteiger partial charge on any atom is 0.261 e. The highest BCUT2D eigenvalue weighted by molar-refractivity contribution is 8.01. The highest BCUT2D eigenvalue weighted by Crippen LogP contribution is 2.38. The number of anilines is 2. The van der Waals surface area contributed by atoms with Crippen molar-refractivity contribution in [2.45, 2.75) is 54.6 Å². The fraction of sp³-hybridized carbons (Fsp3) is 0.391. The van der Waals surface area contributed by atoms with Crippen LogP contribution in [-0.4, -0.2) is 43.5 Å². The Balaban J connectivity index is 1.53. The van der Waals surface area contributed by atoms with Crippen LogP contribution in [0.1, 0.15) is 36.8 Å². The second kappa shape index (κ2) is 9.15. The second-order valence-electron chi connectivity index (χ2n) is 8.29. The number of aryl methyl sites for hydroxylation is 2. The molecule has 1 saturated heterocycles. The lowest BCUT2D eigenvalue weighted by Gasteiger charge is -2.28. The summed E-state index contributed by atoms with van der Waals surface area (Å²) in [5, 5.41) is 1.89. The van der Waals surface area contributed by atoms with E-state index in [1.807, 2.05) is 19.9 Å². The van der Waals surface area contributed by atoms with E-state index in [1.54, 1.807) is 23.1 Å². The number of amides is 2. The quantitative estimate of drug-likeness (QED) is 0.656. The van der Waals surface area contributed by atoms with Crippen molar-refractivity contribution in [3.05, 3.63) is 47.5 Å². The first kappa shape index (κ1) is 22.7. The number of carbonyl (C=O) groups is 2. The van der Waals surface area contributed by atoms with Crippen molar-refractivity contribution in [3.63, 3.8) is 0 Å². The van der Waals surface area contributed by atoms with Crippen molar-refractivity contribution in [2.75, 3.05) is 23.1 Å². The van der Waals surface area contributed by atoms with E-state index in [0.29, 0.717) is 29.4 Å². The molecule has 2 aliphatic rings. The Morgan fingerprint density at radius 2 is 1.75 bits per heavy atom. The number of rotatable bonds is 4. The van der Waals surface area contributed by atoms with Gasteiger partial charge in [0.15, 0.2) is 5.25 Å². The molecule has 0 aromatic heterocycles. The van der Waals surface area contributed by atoms with Gasteiger partial charge in [0.25, 0.3) is 10.0 Å². The summed E-state index contributed by atoms with van der Waals surface area (Å²) in [6, 6.07) is 9.95. The van der Waals surface area contributed by atoms with Crippen molar-refractivity contribution in [1.82, 2.24) is 4.90 Å². The van der Waals surface area contributed by atoms with E-state index in [4.69, 9.17) is 0 Å². The third-order valence-electron chi connectivity index (χ3n) is 5.90. The zero-order valence-corrected chi connectivity index (χ0v) is 19.8. The molecule has 2 heterocycles. The van der Waals surface area contributed by atoms with Gasteiger partial charge in [-0.05, 0) is 68.1 Å². The Morgan fingerprint density at radius 3 is 2.44 bits per heavy atom. The van der Waals surface area contributed by atoms with Gasteiger partial charge >= 0.3 is 0 Å². The number of hydrogen-bond acceptors (Lipinski definition) is 5. The van der Waals surface area contributed by atoms with Gasteiger partial charge in [-0.3, -0.25) is 14.3 Å². The van der Waals surface area contributed by atoms with E-state index in [2.05, 4.69) is 10.0 Å². The standard InChI is InChI=1S/C23H27N3O4S2/c1-15-7-8-17(13-16(15)2)25-32(29,30)18-9-10-20-19(14-18)24-22(27)21(31-20)23(28)26-11-5-3-4-6-12-26/h7-10,13-14,21,25H,3-6,11-12H2,1-2H3,(H,24,27)/t21-/m0/s1. The first-order valence-electron chi connectivity index (χ1n) is 10.7. The monoisotopic (exact) mass is 473 g/mol. The van der Waals surface area contributed by atoms with Crippen molar-refractivity contribution >= 4 is 45.0 Å². The van der Waals surface area contributed by atoms with Crippen LogP contribution in [0.25, 0.3) is 0 Å². The largest absolute Gasteiger partial charge is 0.341 e. The lowest BCUT2D eigenvalue weighted by Crippen LogP contribution is -2.45. The number of thioether (sulfide) groups is 1. The van der Waals surface area contributed by atoms with Crippen LogP contribution in [0.3, 0.4) is 0 Å². The number of nitrogens with one attached hydrogen (secondary N) is 2. The molecular weight excluding hydrogens is 446 g/mol. The summed E-state index contributed by atoms with van der Waals surface area (Å²) < 4.78 is 28.4. The minimum absolute atomic E-state index is 0.0488. The van der Waals surface area contributed by atoms with Gasteiger partial charge in [-0.1, -0.05) is 18.9 Å². The number of likely N-dealkylation sites (tertiary alicyclic amines) is 1. The molecule has 1 fully saturated rings. The molecule has 0 aliphatic carbocycles. The molecule has 2 aromatic rings. The summed E-state index contributed by atoms with van der Waals surface area (Å²) in [6.45, 7) is 5.24. The minimum atomic E-state index is -3.83. The molecule has 0 spiro atoms. The fourth-order valence-corrected chi connectivity index (χ4v) is 6.02. The van der Waals surface area contributed by atoms with Crippen molar-refractivity contribution in [1.29, 1.82) is 0 Å². The molecule has 0 saturated carbocycles. The van der Waals surface area contributed by atoms with Crippen molar-refractivity contribution in [2.24, 2.45) is 0 Å². The van der Waals surface area contributed by atoms with Gasteiger partial charge in [0.05, 0.1) is 10.6 Å². The number of fused-ring (bicyclic) bond motifs is 1. The molecule has 32 heavy (non-hydrogen) atoms. The lowest BCUT2D eigenvalue weighted by atomic mass is 10.1. The van der Waals surface area contributed by atoms with E-state index in [-0.39, 0.29) is 10.8 Å². The molecule has 2 N–H and O–H groups in total. The van der Waals surface area contributed by atoms with Gasteiger partial charge in [-0.25, -0.2) is 8.42 Å². The molecule has 7 nitrogen and oxygen atoms in total. The zero-order valence-electron chi connectivity index (χ0n) is 18.2. The molecule has 1 atom stereocenters. The van der Waals surface area contributed by atoms with Crippen LogP contribution in [0.5, 0.6) is 0 Å². The normalized spacial score (nSPS) is 19.0. The van der Waals surface area contributed by atoms with Gasteiger partial charge in [0.1, 0.15) is 0 Å². The molecule has 2 amide bonds. The number of benzene rings is 2. The molecule has 0 unspecified atom stereocenters. The predicted molar refractivity (Wildman–Crippen MR) is 126 cm³/mol. The molecule has 9 heteroatoms. The van der Waals surface area contributed by atoms with E-state index in [9.17, 15) is 18.0 Å². The van der Waals surface area contributed by atoms with Gasteiger partial charge in [0.2, 0.25) is 11.8 Å². The van der Waals surface area contributed by atoms with E-state index in [1.165, 1.54) is 23.9 Å². The second-order valence-corrected chi connectivity index (χ2v) is 11.1. The Kier molecular flexibility index (Phi) is 6.48. The van der Waals surface area contributed by atoms with Crippen molar-refractivity contribution < 1.29 is 18.0 Å². The third kappa shape index (κ3) is 4.78. The van der Waals surface area contributed by atoms with Crippen LogP contribution in [0, 0.1) is 13.8 Å². The average Bonchev–Trinajstić information content (AvgIpc) is 3.04. The summed E-state index contributed by atoms with van der Waals surface area (Å²) in [4.78, 5) is 28.2. The minimum Gasteiger partial charge on any atom is -0.341 e. The Bertz CT molecular complexity index is 1160. The molecule has 4 rings (SSSR count). The van der Waals surface area contributed by atoms with Crippen LogP contribution in [0.4, 0.5) is 11.4 Å².